The molecule has 0 unspecified atom stereocenters. The quantitative estimate of drug-likeness (QED) is 0.834. The summed E-state index contributed by atoms with van der Waals surface area (Å²) >= 11 is 0. The molecule has 24 heavy (non-hydrogen) atoms. The van der Waals surface area contributed by atoms with Gasteiger partial charge in [-0.3, -0.25) is 4.79 Å². The second-order valence-corrected chi connectivity index (χ2v) is 5.47. The molecule has 0 aromatic heterocycles. The molecule has 0 atom stereocenters. The summed E-state index contributed by atoms with van der Waals surface area (Å²) in [6.07, 6.45) is 0. The summed E-state index contributed by atoms with van der Waals surface area (Å²) in [5, 5.41) is 2.75. The highest BCUT2D eigenvalue weighted by molar-refractivity contribution is 6.04. The molecule has 0 heterocycles. The van der Waals surface area contributed by atoms with Crippen molar-refractivity contribution in [1.29, 1.82) is 0 Å². The summed E-state index contributed by atoms with van der Waals surface area (Å²) in [7, 11) is 1.32. The molecule has 0 spiro atoms. The fourth-order valence-electron chi connectivity index (χ4n) is 2.16. The Hall–Kier alpha value is -2.63. The van der Waals surface area contributed by atoms with Gasteiger partial charge in [-0.2, -0.15) is 8.78 Å². The van der Waals surface area contributed by atoms with Crippen LogP contribution >= 0.6 is 0 Å². The van der Waals surface area contributed by atoms with Gasteiger partial charge in [0.25, 0.3) is 5.91 Å². The molecule has 0 saturated heterocycles. The number of carbonyl (C=O) groups excluding carboxylic acids is 1. The third-order valence-corrected chi connectivity index (χ3v) is 3.48. The second-order valence-electron chi connectivity index (χ2n) is 5.47. The topological polar surface area (TPSA) is 47.6 Å². The van der Waals surface area contributed by atoms with E-state index in [2.05, 4.69) is 23.9 Å². The van der Waals surface area contributed by atoms with Crippen LogP contribution in [-0.4, -0.2) is 19.6 Å². The van der Waals surface area contributed by atoms with E-state index in [1.54, 1.807) is 0 Å². The number of carbonyl (C=O) groups is 1. The number of hydrogen-bond donors (Lipinski definition) is 1. The van der Waals surface area contributed by atoms with E-state index >= 15 is 0 Å². The zero-order valence-electron chi connectivity index (χ0n) is 13.7. The molecule has 0 radical (unpaired) electrons. The summed E-state index contributed by atoms with van der Waals surface area (Å²) in [4.78, 5) is 12.3. The Labute approximate surface area is 139 Å². The molecule has 1 amide bonds. The molecular weight excluding hydrogens is 316 g/mol. The maximum absolute atomic E-state index is 12.3. The van der Waals surface area contributed by atoms with Crippen LogP contribution in [-0.2, 0) is 0 Å². The summed E-state index contributed by atoms with van der Waals surface area (Å²) in [6, 6.07) is 11.6. The van der Waals surface area contributed by atoms with E-state index in [0.29, 0.717) is 11.6 Å². The van der Waals surface area contributed by atoms with E-state index in [1.165, 1.54) is 30.9 Å². The minimum Gasteiger partial charge on any atom is -0.493 e. The van der Waals surface area contributed by atoms with Gasteiger partial charge in [-0.05, 0) is 41.8 Å². The smallest absolute Gasteiger partial charge is 0.387 e. The fourth-order valence-corrected chi connectivity index (χ4v) is 2.16. The molecule has 0 aliphatic carbocycles. The number of nitrogens with one attached hydrogen (secondary N) is 1. The molecule has 2 aromatic carbocycles. The van der Waals surface area contributed by atoms with Gasteiger partial charge in [-0.25, -0.2) is 0 Å². The maximum Gasteiger partial charge on any atom is 0.387 e. The predicted molar refractivity (Wildman–Crippen MR) is 88.1 cm³/mol. The lowest BCUT2D eigenvalue weighted by molar-refractivity contribution is -0.0512. The van der Waals surface area contributed by atoms with E-state index in [1.807, 2.05) is 24.3 Å². The number of halogens is 2. The highest BCUT2D eigenvalue weighted by Gasteiger charge is 2.14. The number of amides is 1. The largest absolute Gasteiger partial charge is 0.493 e. The van der Waals surface area contributed by atoms with Crippen LogP contribution in [0, 0.1) is 0 Å². The lowest BCUT2D eigenvalue weighted by Crippen LogP contribution is -2.12. The molecule has 0 aliphatic rings. The van der Waals surface area contributed by atoms with Gasteiger partial charge in [0.1, 0.15) is 0 Å². The van der Waals surface area contributed by atoms with Gasteiger partial charge in [-0.1, -0.05) is 26.0 Å². The Morgan fingerprint density at radius 1 is 1.04 bits per heavy atom. The molecule has 6 heteroatoms. The van der Waals surface area contributed by atoms with Crippen LogP contribution in [0.2, 0.25) is 0 Å². The Morgan fingerprint density at radius 2 is 1.71 bits per heavy atom. The number of methoxy groups -OCH3 is 1. The predicted octanol–water partition coefficient (Wildman–Crippen LogP) is 4.67. The van der Waals surface area contributed by atoms with Gasteiger partial charge in [0.2, 0.25) is 0 Å². The van der Waals surface area contributed by atoms with Crippen molar-refractivity contribution in [2.75, 3.05) is 12.4 Å². The van der Waals surface area contributed by atoms with Gasteiger partial charge in [0.05, 0.1) is 7.11 Å². The maximum atomic E-state index is 12.3. The lowest BCUT2D eigenvalue weighted by atomic mass is 10.0. The number of benzene rings is 2. The molecule has 0 bridgehead atoms. The number of anilines is 1. The minimum absolute atomic E-state index is 0.0677. The van der Waals surface area contributed by atoms with Crippen molar-refractivity contribution in [1.82, 2.24) is 0 Å². The van der Waals surface area contributed by atoms with Crippen LogP contribution in [0.1, 0.15) is 35.7 Å². The number of alkyl halides is 2. The minimum atomic E-state index is -2.96. The van der Waals surface area contributed by atoms with E-state index in [-0.39, 0.29) is 23.0 Å². The molecule has 4 nitrogen and oxygen atoms in total. The Bertz CT molecular complexity index is 700. The van der Waals surface area contributed by atoms with Crippen LogP contribution in [0.5, 0.6) is 11.5 Å². The lowest BCUT2D eigenvalue weighted by Gasteiger charge is -2.12. The first-order valence-electron chi connectivity index (χ1n) is 7.45. The van der Waals surface area contributed by atoms with E-state index < -0.39 is 6.61 Å². The standard InChI is InChI=1S/C18H19F2NO3/c1-11(2)12-4-7-14(8-5-12)21-17(22)13-6-9-15(24-18(19)20)16(10-13)23-3/h4-11,18H,1-3H3,(H,21,22). The molecule has 0 saturated carbocycles. The Balaban J connectivity index is 2.14. The number of hydrogen-bond acceptors (Lipinski definition) is 3. The Kier molecular flexibility index (Phi) is 5.73. The first-order chi connectivity index (χ1) is 11.4. The van der Waals surface area contributed by atoms with Crippen molar-refractivity contribution in [2.24, 2.45) is 0 Å². The first kappa shape index (κ1) is 17.7. The highest BCUT2D eigenvalue weighted by Crippen LogP contribution is 2.29. The van der Waals surface area contributed by atoms with Gasteiger partial charge in [0.15, 0.2) is 11.5 Å². The van der Waals surface area contributed by atoms with Crippen LogP contribution in [0.15, 0.2) is 42.5 Å². The third kappa shape index (κ3) is 4.44. The number of rotatable bonds is 6. The van der Waals surface area contributed by atoms with Crippen LogP contribution < -0.4 is 14.8 Å². The van der Waals surface area contributed by atoms with Crippen molar-refractivity contribution in [3.8, 4) is 11.5 Å². The van der Waals surface area contributed by atoms with Crippen LogP contribution in [0.3, 0.4) is 0 Å². The van der Waals surface area contributed by atoms with Crippen molar-refractivity contribution in [3.05, 3.63) is 53.6 Å². The summed E-state index contributed by atoms with van der Waals surface area (Å²) in [6.45, 7) is 1.21. The molecule has 0 fully saturated rings. The average Bonchev–Trinajstić information content (AvgIpc) is 2.55. The fraction of sp³-hybridized carbons (Fsp3) is 0.278. The summed E-state index contributed by atoms with van der Waals surface area (Å²) in [5.74, 6) is -0.0148. The summed E-state index contributed by atoms with van der Waals surface area (Å²) < 4.78 is 34.0. The molecule has 128 valence electrons. The number of ether oxygens (including phenoxy) is 2. The molecular formula is C18H19F2NO3. The molecule has 1 N–H and O–H groups in total. The SMILES string of the molecule is COc1cc(C(=O)Nc2ccc(C(C)C)cc2)ccc1OC(F)F. The monoisotopic (exact) mass is 335 g/mol. The Morgan fingerprint density at radius 3 is 2.25 bits per heavy atom. The zero-order chi connectivity index (χ0) is 17.7. The summed E-state index contributed by atoms with van der Waals surface area (Å²) in [5.41, 5.74) is 2.10. The van der Waals surface area contributed by atoms with E-state index in [4.69, 9.17) is 4.74 Å². The molecule has 0 aliphatic heterocycles. The average molecular weight is 335 g/mol. The third-order valence-electron chi connectivity index (χ3n) is 3.48. The van der Waals surface area contributed by atoms with Gasteiger partial charge in [-0.15, -0.1) is 0 Å². The zero-order valence-corrected chi connectivity index (χ0v) is 13.7. The van der Waals surface area contributed by atoms with Gasteiger partial charge < -0.3 is 14.8 Å². The van der Waals surface area contributed by atoms with Crippen molar-refractivity contribution in [3.63, 3.8) is 0 Å². The first-order valence-corrected chi connectivity index (χ1v) is 7.45. The van der Waals surface area contributed by atoms with Gasteiger partial charge >= 0.3 is 6.61 Å². The molecule has 2 rings (SSSR count). The molecule has 2 aromatic rings. The van der Waals surface area contributed by atoms with E-state index in [9.17, 15) is 13.6 Å². The van der Waals surface area contributed by atoms with Crippen LogP contribution in [0.4, 0.5) is 14.5 Å². The van der Waals surface area contributed by atoms with Crippen molar-refractivity contribution < 1.29 is 23.0 Å². The normalized spacial score (nSPS) is 10.8. The van der Waals surface area contributed by atoms with Crippen molar-refractivity contribution in [2.45, 2.75) is 26.4 Å². The van der Waals surface area contributed by atoms with Crippen LogP contribution in [0.25, 0.3) is 0 Å². The highest BCUT2D eigenvalue weighted by atomic mass is 19.3. The second kappa shape index (κ2) is 7.77. The van der Waals surface area contributed by atoms with E-state index in [0.717, 1.165) is 0 Å². The van der Waals surface area contributed by atoms with Gasteiger partial charge in [0, 0.05) is 11.3 Å². The van der Waals surface area contributed by atoms with Crippen molar-refractivity contribution >= 4 is 11.6 Å².